The van der Waals surface area contributed by atoms with Gasteiger partial charge in [-0.25, -0.2) is 4.98 Å². The van der Waals surface area contributed by atoms with Crippen molar-refractivity contribution in [3.05, 3.63) is 64.6 Å². The zero-order chi connectivity index (χ0) is 19.0. The summed E-state index contributed by atoms with van der Waals surface area (Å²) in [5.41, 5.74) is 3.15. The number of rotatable bonds is 4. The Labute approximate surface area is 165 Å². The first-order chi connectivity index (χ1) is 13.1. The van der Waals surface area contributed by atoms with Gasteiger partial charge in [0.1, 0.15) is 11.4 Å². The Kier molecular flexibility index (Phi) is 4.59. The largest absolute Gasteiger partial charge is 0.497 e. The first-order valence-electron chi connectivity index (χ1n) is 8.22. The molecule has 1 N–H and O–H groups in total. The minimum absolute atomic E-state index is 0.226. The highest BCUT2D eigenvalue weighted by Crippen LogP contribution is 2.29. The molecule has 0 atom stereocenters. The Morgan fingerprint density at radius 3 is 2.81 bits per heavy atom. The average molecular weight is 398 g/mol. The lowest BCUT2D eigenvalue weighted by Crippen LogP contribution is -2.15. The number of hydrogen-bond donors (Lipinski definition) is 1. The van der Waals surface area contributed by atoms with E-state index >= 15 is 0 Å². The number of carbonyl (C=O) groups excluding carboxylic acids is 1. The van der Waals surface area contributed by atoms with Crippen LogP contribution in [0.5, 0.6) is 5.75 Å². The van der Waals surface area contributed by atoms with Crippen molar-refractivity contribution in [3.63, 3.8) is 0 Å². The fraction of sp³-hybridized carbons (Fsp3) is 0.100. The van der Waals surface area contributed by atoms with Gasteiger partial charge in [0.2, 0.25) is 0 Å². The van der Waals surface area contributed by atoms with Crippen LogP contribution in [0.1, 0.15) is 10.5 Å². The lowest BCUT2D eigenvalue weighted by atomic mass is 10.2. The number of halogens is 1. The van der Waals surface area contributed by atoms with Gasteiger partial charge in [0.05, 0.1) is 12.8 Å². The highest BCUT2D eigenvalue weighted by Gasteiger charge is 2.16. The van der Waals surface area contributed by atoms with Crippen LogP contribution in [0.3, 0.4) is 0 Å². The molecule has 0 aliphatic carbocycles. The van der Waals surface area contributed by atoms with E-state index < -0.39 is 0 Å². The number of ether oxygens (including phenoxy) is 1. The summed E-state index contributed by atoms with van der Waals surface area (Å²) in [7, 11) is 3.47. The van der Waals surface area contributed by atoms with Gasteiger partial charge in [0.25, 0.3) is 5.91 Å². The third-order valence-electron chi connectivity index (χ3n) is 4.36. The molecule has 7 heteroatoms. The second kappa shape index (κ2) is 7.06. The second-order valence-electron chi connectivity index (χ2n) is 5.99. The van der Waals surface area contributed by atoms with Gasteiger partial charge in [-0.05, 0) is 30.3 Å². The number of carbonyl (C=O) groups is 1. The summed E-state index contributed by atoms with van der Waals surface area (Å²) >= 11 is 7.62. The molecule has 0 spiro atoms. The average Bonchev–Trinajstić information content (AvgIpc) is 3.28. The lowest BCUT2D eigenvalue weighted by Gasteiger charge is -2.04. The summed E-state index contributed by atoms with van der Waals surface area (Å²) in [6.07, 6.45) is 0. The summed E-state index contributed by atoms with van der Waals surface area (Å²) < 4.78 is 7.08. The van der Waals surface area contributed by atoms with Gasteiger partial charge < -0.3 is 9.30 Å². The van der Waals surface area contributed by atoms with E-state index in [1.807, 2.05) is 59.5 Å². The smallest absolute Gasteiger partial charge is 0.274 e. The van der Waals surface area contributed by atoms with Crippen LogP contribution in [0.25, 0.3) is 22.2 Å². The van der Waals surface area contributed by atoms with Crippen LogP contribution < -0.4 is 10.1 Å². The Balaban J connectivity index is 1.60. The molecular weight excluding hydrogens is 382 g/mol. The van der Waals surface area contributed by atoms with Crippen molar-refractivity contribution < 1.29 is 9.53 Å². The molecule has 0 radical (unpaired) electrons. The Hall–Kier alpha value is -2.83. The highest BCUT2D eigenvalue weighted by atomic mass is 35.5. The molecule has 5 nitrogen and oxygen atoms in total. The first kappa shape index (κ1) is 17.6. The van der Waals surface area contributed by atoms with Crippen LogP contribution in [-0.4, -0.2) is 22.6 Å². The molecule has 1 amide bonds. The van der Waals surface area contributed by atoms with Gasteiger partial charge in [-0.2, -0.15) is 0 Å². The van der Waals surface area contributed by atoms with E-state index in [1.165, 1.54) is 11.3 Å². The van der Waals surface area contributed by atoms with Crippen LogP contribution >= 0.6 is 22.9 Å². The van der Waals surface area contributed by atoms with Gasteiger partial charge in [0, 0.05) is 33.9 Å². The quantitative estimate of drug-likeness (QED) is 0.513. The SMILES string of the molecule is COc1cccc(-c2csc(NC(=O)c3cc4c(Cl)cccc4n3C)n2)c1. The number of fused-ring (bicyclic) bond motifs is 1. The molecule has 0 aliphatic heterocycles. The van der Waals surface area contributed by atoms with Crippen LogP contribution in [0, 0.1) is 0 Å². The molecule has 2 heterocycles. The summed E-state index contributed by atoms with van der Waals surface area (Å²) in [5.74, 6) is 0.537. The third kappa shape index (κ3) is 3.29. The molecule has 4 rings (SSSR count). The van der Waals surface area contributed by atoms with Gasteiger partial charge in [-0.1, -0.05) is 29.8 Å². The number of thiazole rings is 1. The molecule has 0 bridgehead atoms. The number of aromatic nitrogens is 2. The van der Waals surface area contributed by atoms with E-state index in [0.717, 1.165) is 27.9 Å². The lowest BCUT2D eigenvalue weighted by molar-refractivity contribution is 0.101. The number of amides is 1. The first-order valence-corrected chi connectivity index (χ1v) is 9.48. The Morgan fingerprint density at radius 2 is 2.04 bits per heavy atom. The van der Waals surface area contributed by atoms with Crippen molar-refractivity contribution in [2.24, 2.45) is 7.05 Å². The zero-order valence-corrected chi connectivity index (χ0v) is 16.3. The fourth-order valence-corrected chi connectivity index (χ4v) is 3.89. The van der Waals surface area contributed by atoms with Crippen LogP contribution in [0.15, 0.2) is 53.9 Å². The zero-order valence-electron chi connectivity index (χ0n) is 14.7. The number of nitrogens with zero attached hydrogens (tertiary/aromatic N) is 2. The van der Waals surface area contributed by atoms with Crippen molar-refractivity contribution >= 4 is 44.9 Å². The monoisotopic (exact) mass is 397 g/mol. The van der Waals surface area contributed by atoms with Crippen molar-refractivity contribution in [3.8, 4) is 17.0 Å². The molecule has 2 aromatic carbocycles. The molecule has 4 aromatic rings. The van der Waals surface area contributed by atoms with E-state index in [-0.39, 0.29) is 5.91 Å². The number of methoxy groups -OCH3 is 1. The van der Waals surface area contributed by atoms with Crippen molar-refractivity contribution in [2.75, 3.05) is 12.4 Å². The minimum Gasteiger partial charge on any atom is -0.497 e. The second-order valence-corrected chi connectivity index (χ2v) is 7.25. The molecular formula is C20H16ClN3O2S. The molecule has 0 fully saturated rings. The van der Waals surface area contributed by atoms with E-state index in [2.05, 4.69) is 10.3 Å². The minimum atomic E-state index is -0.226. The third-order valence-corrected chi connectivity index (χ3v) is 5.44. The van der Waals surface area contributed by atoms with Crippen molar-refractivity contribution in [1.82, 2.24) is 9.55 Å². The molecule has 27 heavy (non-hydrogen) atoms. The number of nitrogens with one attached hydrogen (secondary N) is 1. The molecule has 136 valence electrons. The van der Waals surface area contributed by atoms with E-state index in [4.69, 9.17) is 16.3 Å². The van der Waals surface area contributed by atoms with Gasteiger partial charge in [0.15, 0.2) is 5.13 Å². The maximum absolute atomic E-state index is 12.7. The van der Waals surface area contributed by atoms with Crippen LogP contribution in [-0.2, 0) is 7.05 Å². The number of benzene rings is 2. The summed E-state index contributed by atoms with van der Waals surface area (Å²) in [5, 5.41) is 6.79. The normalized spacial score (nSPS) is 10.9. The summed E-state index contributed by atoms with van der Waals surface area (Å²) in [6, 6.07) is 15.1. The highest BCUT2D eigenvalue weighted by molar-refractivity contribution is 7.14. The predicted octanol–water partition coefficient (Wildman–Crippen LogP) is 5.22. The van der Waals surface area contributed by atoms with E-state index in [9.17, 15) is 4.79 Å². The maximum atomic E-state index is 12.7. The topological polar surface area (TPSA) is 56.1 Å². The van der Waals surface area contributed by atoms with E-state index in [1.54, 1.807) is 13.2 Å². The molecule has 0 saturated heterocycles. The predicted molar refractivity (Wildman–Crippen MR) is 110 cm³/mol. The van der Waals surface area contributed by atoms with Gasteiger partial charge in [-0.3, -0.25) is 10.1 Å². The molecule has 0 unspecified atom stereocenters. The Bertz CT molecular complexity index is 1150. The molecule has 0 saturated carbocycles. The number of hydrogen-bond acceptors (Lipinski definition) is 4. The van der Waals surface area contributed by atoms with Gasteiger partial charge in [-0.15, -0.1) is 11.3 Å². The fourth-order valence-electron chi connectivity index (χ4n) is 2.95. The Morgan fingerprint density at radius 1 is 1.22 bits per heavy atom. The molecule has 2 aromatic heterocycles. The molecule has 0 aliphatic rings. The number of anilines is 1. The summed E-state index contributed by atoms with van der Waals surface area (Å²) in [4.78, 5) is 17.3. The summed E-state index contributed by atoms with van der Waals surface area (Å²) in [6.45, 7) is 0. The standard InChI is InChI=1S/C20H16ClN3O2S/c1-24-17-8-4-7-15(21)14(17)10-18(24)19(25)23-20-22-16(11-27-20)12-5-3-6-13(9-12)26-2/h3-11H,1-2H3,(H,22,23,25). The maximum Gasteiger partial charge on any atom is 0.274 e. The van der Waals surface area contributed by atoms with E-state index in [0.29, 0.717) is 15.8 Å². The number of aryl methyl sites for hydroxylation is 1. The van der Waals surface area contributed by atoms with Crippen molar-refractivity contribution in [2.45, 2.75) is 0 Å². The van der Waals surface area contributed by atoms with Crippen molar-refractivity contribution in [1.29, 1.82) is 0 Å². The van der Waals surface area contributed by atoms with Crippen LogP contribution in [0.2, 0.25) is 5.02 Å². The van der Waals surface area contributed by atoms with Gasteiger partial charge >= 0.3 is 0 Å². The van der Waals surface area contributed by atoms with Crippen LogP contribution in [0.4, 0.5) is 5.13 Å².